The first-order valence-electron chi connectivity index (χ1n) is 7.30. The Kier molecular flexibility index (Phi) is 6.01. The first-order valence-corrected chi connectivity index (χ1v) is 7.30. The molecule has 0 saturated heterocycles. The molecule has 1 rings (SSSR count). The van der Waals surface area contributed by atoms with Crippen molar-refractivity contribution < 1.29 is 9.53 Å². The zero-order chi connectivity index (χ0) is 12.7. The molecular weight excluding hydrogens is 212 g/mol. The van der Waals surface area contributed by atoms with Crippen LogP contribution in [-0.4, -0.2) is 11.6 Å². The maximum Gasteiger partial charge on any atom is 0.306 e. The van der Waals surface area contributed by atoms with E-state index in [1.54, 1.807) is 0 Å². The number of carbonyl (C=O) groups is 1. The lowest BCUT2D eigenvalue weighted by molar-refractivity contribution is -0.160. The second-order valence-corrected chi connectivity index (χ2v) is 5.90. The van der Waals surface area contributed by atoms with Crippen LogP contribution in [0.4, 0.5) is 0 Å². The van der Waals surface area contributed by atoms with Gasteiger partial charge in [0.1, 0.15) is 5.60 Å². The fourth-order valence-corrected chi connectivity index (χ4v) is 2.62. The third-order valence-electron chi connectivity index (χ3n) is 3.76. The maximum atomic E-state index is 11.8. The SMILES string of the molecule is CCCCC1(OC(=O)CCC(C)C)CCCC1. The monoisotopic (exact) mass is 240 g/mol. The summed E-state index contributed by atoms with van der Waals surface area (Å²) in [5.74, 6) is 0.606. The highest BCUT2D eigenvalue weighted by molar-refractivity contribution is 5.69. The lowest BCUT2D eigenvalue weighted by atomic mass is 9.94. The van der Waals surface area contributed by atoms with E-state index in [4.69, 9.17) is 4.74 Å². The van der Waals surface area contributed by atoms with Crippen LogP contribution in [0.25, 0.3) is 0 Å². The van der Waals surface area contributed by atoms with Crippen LogP contribution in [0.1, 0.15) is 78.6 Å². The summed E-state index contributed by atoms with van der Waals surface area (Å²) in [6.45, 7) is 6.49. The summed E-state index contributed by atoms with van der Waals surface area (Å²) in [6.07, 6.45) is 9.58. The fraction of sp³-hybridized carbons (Fsp3) is 0.933. The van der Waals surface area contributed by atoms with Crippen LogP contribution in [0.5, 0.6) is 0 Å². The van der Waals surface area contributed by atoms with Crippen molar-refractivity contribution in [3.8, 4) is 0 Å². The Bertz CT molecular complexity index is 227. The Morgan fingerprint density at radius 2 is 1.94 bits per heavy atom. The number of hydrogen-bond acceptors (Lipinski definition) is 2. The molecule has 0 N–H and O–H groups in total. The van der Waals surface area contributed by atoms with Crippen LogP contribution in [0.15, 0.2) is 0 Å². The summed E-state index contributed by atoms with van der Waals surface area (Å²) >= 11 is 0. The van der Waals surface area contributed by atoms with Gasteiger partial charge in [-0.05, 0) is 50.9 Å². The molecule has 0 aliphatic heterocycles. The van der Waals surface area contributed by atoms with Crippen molar-refractivity contribution in [2.45, 2.75) is 84.2 Å². The highest BCUT2D eigenvalue weighted by atomic mass is 16.6. The molecule has 0 aromatic carbocycles. The van der Waals surface area contributed by atoms with Gasteiger partial charge in [-0.25, -0.2) is 0 Å². The number of carbonyl (C=O) groups excluding carboxylic acids is 1. The first kappa shape index (κ1) is 14.5. The number of esters is 1. The van der Waals surface area contributed by atoms with Gasteiger partial charge < -0.3 is 4.74 Å². The van der Waals surface area contributed by atoms with Crippen LogP contribution < -0.4 is 0 Å². The number of rotatable bonds is 7. The van der Waals surface area contributed by atoms with E-state index in [2.05, 4.69) is 20.8 Å². The van der Waals surface area contributed by atoms with E-state index < -0.39 is 0 Å². The van der Waals surface area contributed by atoms with E-state index >= 15 is 0 Å². The predicted molar refractivity (Wildman–Crippen MR) is 70.9 cm³/mol. The van der Waals surface area contributed by atoms with Crippen molar-refractivity contribution in [2.75, 3.05) is 0 Å². The average molecular weight is 240 g/mol. The minimum Gasteiger partial charge on any atom is -0.459 e. The molecule has 1 fully saturated rings. The molecule has 1 aliphatic rings. The quantitative estimate of drug-likeness (QED) is 0.614. The highest BCUT2D eigenvalue weighted by Gasteiger charge is 2.36. The molecule has 0 spiro atoms. The van der Waals surface area contributed by atoms with E-state index in [-0.39, 0.29) is 11.6 Å². The smallest absolute Gasteiger partial charge is 0.306 e. The number of unbranched alkanes of at least 4 members (excludes halogenated alkanes) is 1. The molecule has 0 heterocycles. The van der Waals surface area contributed by atoms with Crippen molar-refractivity contribution in [1.82, 2.24) is 0 Å². The molecule has 17 heavy (non-hydrogen) atoms. The zero-order valence-corrected chi connectivity index (χ0v) is 11.8. The van der Waals surface area contributed by atoms with Crippen LogP contribution >= 0.6 is 0 Å². The minimum absolute atomic E-state index is 0.0247. The van der Waals surface area contributed by atoms with Gasteiger partial charge >= 0.3 is 5.97 Å². The van der Waals surface area contributed by atoms with Gasteiger partial charge in [-0.1, -0.05) is 27.2 Å². The van der Waals surface area contributed by atoms with E-state index in [9.17, 15) is 4.79 Å². The summed E-state index contributed by atoms with van der Waals surface area (Å²) in [7, 11) is 0. The molecule has 0 aromatic rings. The lowest BCUT2D eigenvalue weighted by Gasteiger charge is -2.29. The third kappa shape index (κ3) is 5.10. The van der Waals surface area contributed by atoms with Gasteiger partial charge in [-0.15, -0.1) is 0 Å². The molecule has 0 atom stereocenters. The summed E-state index contributed by atoms with van der Waals surface area (Å²) in [6, 6.07) is 0. The van der Waals surface area contributed by atoms with Crippen molar-refractivity contribution in [2.24, 2.45) is 5.92 Å². The van der Waals surface area contributed by atoms with Crippen LogP contribution in [0.3, 0.4) is 0 Å². The topological polar surface area (TPSA) is 26.3 Å². The van der Waals surface area contributed by atoms with Gasteiger partial charge in [0.15, 0.2) is 0 Å². The second kappa shape index (κ2) is 7.03. The van der Waals surface area contributed by atoms with Crippen LogP contribution in [-0.2, 0) is 9.53 Å². The maximum absolute atomic E-state index is 11.8. The van der Waals surface area contributed by atoms with Crippen molar-refractivity contribution in [3.05, 3.63) is 0 Å². The van der Waals surface area contributed by atoms with Crippen LogP contribution in [0.2, 0.25) is 0 Å². The number of ether oxygens (including phenoxy) is 1. The van der Waals surface area contributed by atoms with Gasteiger partial charge in [0, 0.05) is 6.42 Å². The largest absolute Gasteiger partial charge is 0.459 e. The molecule has 0 bridgehead atoms. The van der Waals surface area contributed by atoms with Gasteiger partial charge in [0.05, 0.1) is 0 Å². The Morgan fingerprint density at radius 3 is 2.47 bits per heavy atom. The van der Waals surface area contributed by atoms with Crippen molar-refractivity contribution in [1.29, 1.82) is 0 Å². The fourth-order valence-electron chi connectivity index (χ4n) is 2.62. The van der Waals surface area contributed by atoms with Crippen molar-refractivity contribution >= 4 is 5.97 Å². The molecule has 1 saturated carbocycles. The van der Waals surface area contributed by atoms with Gasteiger partial charge in [-0.3, -0.25) is 4.79 Å². The normalized spacial score (nSPS) is 18.6. The summed E-state index contributed by atoms with van der Waals surface area (Å²) < 4.78 is 5.81. The molecule has 1 aliphatic carbocycles. The molecule has 0 amide bonds. The molecule has 2 heteroatoms. The third-order valence-corrected chi connectivity index (χ3v) is 3.76. The van der Waals surface area contributed by atoms with E-state index in [0.29, 0.717) is 12.3 Å². The Morgan fingerprint density at radius 1 is 1.29 bits per heavy atom. The summed E-state index contributed by atoms with van der Waals surface area (Å²) in [5, 5.41) is 0. The van der Waals surface area contributed by atoms with E-state index in [1.165, 1.54) is 25.7 Å². The summed E-state index contributed by atoms with van der Waals surface area (Å²) in [4.78, 5) is 11.8. The molecule has 0 aromatic heterocycles. The Balaban J connectivity index is 2.40. The van der Waals surface area contributed by atoms with Crippen molar-refractivity contribution in [3.63, 3.8) is 0 Å². The Hall–Kier alpha value is -0.530. The Labute approximate surface area is 106 Å². The van der Waals surface area contributed by atoms with E-state index in [1.807, 2.05) is 0 Å². The molecule has 100 valence electrons. The predicted octanol–water partition coefficient (Wildman–Crippen LogP) is 4.47. The van der Waals surface area contributed by atoms with E-state index in [0.717, 1.165) is 25.7 Å². The molecule has 0 radical (unpaired) electrons. The van der Waals surface area contributed by atoms with Gasteiger partial charge in [0.2, 0.25) is 0 Å². The average Bonchev–Trinajstić information content (AvgIpc) is 2.73. The lowest BCUT2D eigenvalue weighted by Crippen LogP contribution is -2.32. The standard InChI is InChI=1S/C15H28O2/c1-4-5-10-15(11-6-7-12-15)17-14(16)9-8-13(2)3/h13H,4-12H2,1-3H3. The first-order chi connectivity index (χ1) is 8.08. The summed E-state index contributed by atoms with van der Waals surface area (Å²) in [5.41, 5.74) is -0.0932. The van der Waals surface area contributed by atoms with Gasteiger partial charge in [-0.2, -0.15) is 0 Å². The molecule has 0 unspecified atom stereocenters. The van der Waals surface area contributed by atoms with Crippen LogP contribution in [0, 0.1) is 5.92 Å². The zero-order valence-electron chi connectivity index (χ0n) is 11.8. The highest BCUT2D eigenvalue weighted by Crippen LogP contribution is 2.37. The molecule has 2 nitrogen and oxygen atoms in total. The second-order valence-electron chi connectivity index (χ2n) is 5.90. The number of hydrogen-bond donors (Lipinski definition) is 0. The minimum atomic E-state index is -0.0932. The molecular formula is C15H28O2. The van der Waals surface area contributed by atoms with Gasteiger partial charge in [0.25, 0.3) is 0 Å².